The van der Waals surface area contributed by atoms with Crippen molar-refractivity contribution in [1.82, 2.24) is 24.8 Å². The Balaban J connectivity index is 1.47. The lowest BCUT2D eigenvalue weighted by Gasteiger charge is -2.12. The van der Waals surface area contributed by atoms with E-state index >= 15 is 0 Å². The standard InChI is InChI=1S/C27H20ClF3N6OS2/c28-20-9-8-15(11-19(20)27(29,30)31)12-34-37-23(17-5-3-4-16(10-17)13-39-26-32-14-33-36-26)35-24-22(25(37)38)18-6-1-2-7-21(18)40-24/h3-5,8-12,14H,1-2,6-7,13H2,(H,32,33,36)/b34-12+. The molecule has 0 atom stereocenters. The van der Waals surface area contributed by atoms with Crippen LogP contribution in [0, 0.1) is 0 Å². The van der Waals surface area contributed by atoms with Crippen LogP contribution in [0.3, 0.4) is 0 Å². The van der Waals surface area contributed by atoms with Crippen molar-refractivity contribution < 1.29 is 13.2 Å². The van der Waals surface area contributed by atoms with Gasteiger partial charge < -0.3 is 0 Å². The summed E-state index contributed by atoms with van der Waals surface area (Å²) in [5.41, 5.74) is 1.45. The van der Waals surface area contributed by atoms with Crippen molar-refractivity contribution in [2.45, 2.75) is 42.8 Å². The number of nitrogens with one attached hydrogen (secondary N) is 1. The van der Waals surface area contributed by atoms with Crippen LogP contribution in [0.1, 0.15) is 40.0 Å². The van der Waals surface area contributed by atoms with Crippen LogP contribution in [0.2, 0.25) is 5.02 Å². The molecule has 0 fully saturated rings. The average Bonchev–Trinajstić information content (AvgIpc) is 3.59. The number of fused-ring (bicyclic) bond motifs is 3. The van der Waals surface area contributed by atoms with Gasteiger partial charge in [0.15, 0.2) is 5.82 Å². The second kappa shape index (κ2) is 10.8. The molecule has 0 aliphatic heterocycles. The molecule has 40 heavy (non-hydrogen) atoms. The largest absolute Gasteiger partial charge is 0.417 e. The van der Waals surface area contributed by atoms with Crippen molar-refractivity contribution in [3.63, 3.8) is 0 Å². The molecule has 2 aromatic carbocycles. The van der Waals surface area contributed by atoms with E-state index in [-0.39, 0.29) is 11.1 Å². The summed E-state index contributed by atoms with van der Waals surface area (Å²) in [7, 11) is 0. The predicted molar refractivity (Wildman–Crippen MR) is 151 cm³/mol. The van der Waals surface area contributed by atoms with Gasteiger partial charge in [0.25, 0.3) is 5.56 Å². The quantitative estimate of drug-likeness (QED) is 0.168. The maximum absolute atomic E-state index is 13.9. The number of aromatic nitrogens is 5. The summed E-state index contributed by atoms with van der Waals surface area (Å²) in [5.74, 6) is 0.891. The van der Waals surface area contributed by atoms with E-state index in [0.717, 1.165) is 47.8 Å². The fourth-order valence-electron chi connectivity index (χ4n) is 4.67. The molecule has 13 heteroatoms. The van der Waals surface area contributed by atoms with E-state index in [1.165, 1.54) is 52.4 Å². The van der Waals surface area contributed by atoms with Crippen molar-refractivity contribution in [1.29, 1.82) is 0 Å². The number of halogens is 4. The maximum Gasteiger partial charge on any atom is 0.417 e. The van der Waals surface area contributed by atoms with Gasteiger partial charge in [-0.3, -0.25) is 9.89 Å². The molecule has 3 heterocycles. The Bertz CT molecular complexity index is 1800. The molecular formula is C27H20ClF3N6OS2. The van der Waals surface area contributed by atoms with Crippen molar-refractivity contribution in [3.05, 3.63) is 91.3 Å². The highest BCUT2D eigenvalue weighted by atomic mass is 35.5. The molecule has 0 spiro atoms. The number of thiophene rings is 1. The highest BCUT2D eigenvalue weighted by Crippen LogP contribution is 2.36. The first-order chi connectivity index (χ1) is 19.3. The number of alkyl halides is 3. The van der Waals surface area contributed by atoms with Gasteiger partial charge in [-0.05, 0) is 60.6 Å². The van der Waals surface area contributed by atoms with Crippen molar-refractivity contribution in [3.8, 4) is 11.4 Å². The van der Waals surface area contributed by atoms with Gasteiger partial charge in [-0.15, -0.1) is 16.4 Å². The van der Waals surface area contributed by atoms with E-state index in [1.807, 2.05) is 24.3 Å². The fourth-order valence-corrected chi connectivity index (χ4v) is 6.87. The Morgan fingerprint density at radius 1 is 1.18 bits per heavy atom. The van der Waals surface area contributed by atoms with Crippen LogP contribution >= 0.6 is 34.7 Å². The van der Waals surface area contributed by atoms with Gasteiger partial charge in [0.05, 0.1) is 22.2 Å². The number of aromatic amines is 1. The lowest BCUT2D eigenvalue weighted by atomic mass is 9.97. The summed E-state index contributed by atoms with van der Waals surface area (Å²) >= 11 is 8.76. The molecule has 0 radical (unpaired) electrons. The first kappa shape index (κ1) is 26.7. The number of hydrogen-bond donors (Lipinski definition) is 1. The monoisotopic (exact) mass is 600 g/mol. The topological polar surface area (TPSA) is 88.8 Å². The zero-order valence-electron chi connectivity index (χ0n) is 20.7. The predicted octanol–water partition coefficient (Wildman–Crippen LogP) is 6.97. The van der Waals surface area contributed by atoms with Crippen LogP contribution in [0.25, 0.3) is 21.6 Å². The Kier molecular flexibility index (Phi) is 7.24. The molecular weight excluding hydrogens is 581 g/mol. The van der Waals surface area contributed by atoms with E-state index < -0.39 is 16.8 Å². The zero-order valence-corrected chi connectivity index (χ0v) is 23.1. The summed E-state index contributed by atoms with van der Waals surface area (Å²) in [5, 5.41) is 11.9. The van der Waals surface area contributed by atoms with Crippen molar-refractivity contribution >= 4 is 51.1 Å². The maximum atomic E-state index is 13.9. The zero-order chi connectivity index (χ0) is 27.9. The molecule has 5 aromatic rings. The number of nitrogens with zero attached hydrogens (tertiary/aromatic N) is 5. The molecule has 0 unspecified atom stereocenters. The van der Waals surface area contributed by atoms with Crippen LogP contribution < -0.4 is 5.56 Å². The molecule has 0 saturated heterocycles. The van der Waals surface area contributed by atoms with E-state index in [4.69, 9.17) is 16.6 Å². The molecule has 6 rings (SSSR count). The summed E-state index contributed by atoms with van der Waals surface area (Å²) in [4.78, 5) is 24.7. The second-order valence-electron chi connectivity index (χ2n) is 9.20. The minimum atomic E-state index is -4.62. The normalized spacial score (nSPS) is 13.8. The number of benzene rings is 2. The average molecular weight is 601 g/mol. The minimum absolute atomic E-state index is 0.152. The minimum Gasteiger partial charge on any atom is -0.267 e. The summed E-state index contributed by atoms with van der Waals surface area (Å²) < 4.78 is 41.5. The van der Waals surface area contributed by atoms with E-state index in [0.29, 0.717) is 32.5 Å². The number of H-pyrrole nitrogens is 1. The summed E-state index contributed by atoms with van der Waals surface area (Å²) in [6.07, 6.45) is 1.84. The molecule has 3 aromatic heterocycles. The highest BCUT2D eigenvalue weighted by molar-refractivity contribution is 7.98. The molecule has 204 valence electrons. The summed E-state index contributed by atoms with van der Waals surface area (Å²) in [6.45, 7) is 0. The number of thioether (sulfide) groups is 1. The van der Waals surface area contributed by atoms with Gasteiger partial charge in [0.2, 0.25) is 5.16 Å². The third-order valence-corrected chi connectivity index (χ3v) is 8.98. The van der Waals surface area contributed by atoms with Crippen molar-refractivity contribution in [2.75, 3.05) is 0 Å². The van der Waals surface area contributed by atoms with Gasteiger partial charge in [0, 0.05) is 16.2 Å². The molecule has 0 amide bonds. The van der Waals surface area contributed by atoms with Crippen LogP contribution in [0.4, 0.5) is 13.2 Å². The molecule has 1 N–H and O–H groups in total. The summed E-state index contributed by atoms with van der Waals surface area (Å²) in [6, 6.07) is 11.1. The van der Waals surface area contributed by atoms with E-state index in [1.54, 1.807) is 0 Å². The first-order valence-electron chi connectivity index (χ1n) is 12.3. The van der Waals surface area contributed by atoms with E-state index in [9.17, 15) is 18.0 Å². The lowest BCUT2D eigenvalue weighted by molar-refractivity contribution is -0.137. The van der Waals surface area contributed by atoms with Crippen LogP contribution in [0.15, 0.2) is 63.8 Å². The van der Waals surface area contributed by atoms with Gasteiger partial charge in [-0.2, -0.15) is 22.9 Å². The Hall–Kier alpha value is -3.48. The van der Waals surface area contributed by atoms with Crippen molar-refractivity contribution in [2.24, 2.45) is 5.10 Å². The third-order valence-electron chi connectivity index (χ3n) is 6.53. The molecule has 1 aliphatic rings. The fraction of sp³-hybridized carbons (Fsp3) is 0.222. The van der Waals surface area contributed by atoms with Crippen LogP contribution in [-0.4, -0.2) is 31.1 Å². The van der Waals surface area contributed by atoms with Gasteiger partial charge in [0.1, 0.15) is 11.2 Å². The Morgan fingerprint density at radius 2 is 2.02 bits per heavy atom. The van der Waals surface area contributed by atoms with E-state index in [2.05, 4.69) is 20.3 Å². The SMILES string of the molecule is O=c1c2c3c(sc2nc(-c2cccc(CSc4nc[nH]n4)c2)n1/N=C/c1ccc(Cl)c(C(F)(F)F)c1)CCCC3. The third kappa shape index (κ3) is 5.30. The Morgan fingerprint density at radius 3 is 2.83 bits per heavy atom. The highest BCUT2D eigenvalue weighted by Gasteiger charge is 2.33. The molecule has 7 nitrogen and oxygen atoms in total. The molecule has 0 saturated carbocycles. The number of rotatable bonds is 6. The molecule has 0 bridgehead atoms. The lowest BCUT2D eigenvalue weighted by Crippen LogP contribution is -2.21. The van der Waals surface area contributed by atoms with Crippen LogP contribution in [-0.2, 0) is 24.8 Å². The number of hydrogen-bond acceptors (Lipinski definition) is 7. The second-order valence-corrected chi connectivity index (χ2v) is 11.6. The van der Waals surface area contributed by atoms with Crippen LogP contribution in [0.5, 0.6) is 0 Å². The number of aryl methyl sites for hydroxylation is 2. The smallest absolute Gasteiger partial charge is 0.267 e. The van der Waals surface area contributed by atoms with Gasteiger partial charge in [-0.1, -0.05) is 47.6 Å². The van der Waals surface area contributed by atoms with Gasteiger partial charge >= 0.3 is 6.18 Å². The first-order valence-corrected chi connectivity index (χ1v) is 14.5. The molecule has 1 aliphatic carbocycles. The van der Waals surface area contributed by atoms with Gasteiger partial charge in [-0.25, -0.2) is 9.97 Å². The Labute approximate surface area is 239 Å².